The zero-order chi connectivity index (χ0) is 10.4. The van der Waals surface area contributed by atoms with Gasteiger partial charge in [0.2, 0.25) is 6.54 Å². The standard InChI is InChI=1S/C8H15NO4/c1-3-4-7(5-9(12)13)6(2)8(10)11/h6-7H,3-5H2,1-2H3,(H,10,11)/t6-,7?/m1/s1. The van der Waals surface area contributed by atoms with Crippen LogP contribution in [0.4, 0.5) is 0 Å². The van der Waals surface area contributed by atoms with Gasteiger partial charge in [-0.3, -0.25) is 14.9 Å². The zero-order valence-electron chi connectivity index (χ0n) is 7.90. The summed E-state index contributed by atoms with van der Waals surface area (Å²) in [6, 6.07) is 0. The van der Waals surface area contributed by atoms with Gasteiger partial charge in [-0.2, -0.15) is 0 Å². The molecule has 1 unspecified atom stereocenters. The average Bonchev–Trinajstić information content (AvgIpc) is 2.01. The molecule has 76 valence electrons. The largest absolute Gasteiger partial charge is 0.481 e. The van der Waals surface area contributed by atoms with Gasteiger partial charge in [0.1, 0.15) is 0 Å². The molecule has 2 atom stereocenters. The molecule has 0 spiro atoms. The number of carbonyl (C=O) groups is 1. The smallest absolute Gasteiger partial charge is 0.306 e. The predicted molar refractivity (Wildman–Crippen MR) is 47.1 cm³/mol. The minimum atomic E-state index is -0.958. The van der Waals surface area contributed by atoms with Crippen molar-refractivity contribution in [3.05, 3.63) is 10.1 Å². The fourth-order valence-electron chi connectivity index (χ4n) is 1.26. The van der Waals surface area contributed by atoms with Gasteiger partial charge in [0.15, 0.2) is 0 Å². The van der Waals surface area contributed by atoms with Crippen LogP contribution in [0.1, 0.15) is 26.7 Å². The van der Waals surface area contributed by atoms with Crippen molar-refractivity contribution in [1.29, 1.82) is 0 Å². The summed E-state index contributed by atoms with van der Waals surface area (Å²) in [5.41, 5.74) is 0. The highest BCUT2D eigenvalue weighted by atomic mass is 16.6. The SMILES string of the molecule is CCCC(C[N+](=O)[O-])[C@@H](C)C(=O)O. The Morgan fingerprint density at radius 1 is 1.62 bits per heavy atom. The molecule has 0 saturated heterocycles. The third kappa shape index (κ3) is 4.45. The van der Waals surface area contributed by atoms with E-state index in [0.29, 0.717) is 6.42 Å². The van der Waals surface area contributed by atoms with Crippen molar-refractivity contribution in [2.75, 3.05) is 6.54 Å². The molecule has 0 bridgehead atoms. The second-order valence-corrected chi connectivity index (χ2v) is 3.19. The van der Waals surface area contributed by atoms with Crippen LogP contribution in [-0.4, -0.2) is 22.5 Å². The number of hydrogen-bond donors (Lipinski definition) is 1. The van der Waals surface area contributed by atoms with Gasteiger partial charge in [-0.05, 0) is 6.42 Å². The van der Waals surface area contributed by atoms with E-state index in [1.807, 2.05) is 6.92 Å². The molecule has 0 aliphatic carbocycles. The monoisotopic (exact) mass is 189 g/mol. The Bertz CT molecular complexity index is 193. The van der Waals surface area contributed by atoms with Gasteiger partial charge in [0.25, 0.3) is 0 Å². The van der Waals surface area contributed by atoms with Crippen LogP contribution in [0.2, 0.25) is 0 Å². The van der Waals surface area contributed by atoms with E-state index in [-0.39, 0.29) is 12.5 Å². The fraction of sp³-hybridized carbons (Fsp3) is 0.875. The molecule has 0 amide bonds. The van der Waals surface area contributed by atoms with E-state index >= 15 is 0 Å². The van der Waals surface area contributed by atoms with Gasteiger partial charge in [-0.15, -0.1) is 0 Å². The van der Waals surface area contributed by atoms with E-state index < -0.39 is 16.8 Å². The average molecular weight is 189 g/mol. The van der Waals surface area contributed by atoms with Crippen LogP contribution in [0.15, 0.2) is 0 Å². The van der Waals surface area contributed by atoms with Gasteiger partial charge in [-0.25, -0.2) is 0 Å². The van der Waals surface area contributed by atoms with Crippen molar-refractivity contribution >= 4 is 5.97 Å². The molecule has 13 heavy (non-hydrogen) atoms. The first-order chi connectivity index (χ1) is 5.99. The summed E-state index contributed by atoms with van der Waals surface area (Å²) in [6.07, 6.45) is 1.37. The molecular weight excluding hydrogens is 174 g/mol. The predicted octanol–water partition coefficient (Wildman–Crippen LogP) is 1.40. The van der Waals surface area contributed by atoms with Gasteiger partial charge in [0.05, 0.1) is 5.92 Å². The maximum absolute atomic E-state index is 10.6. The number of carboxylic acid groups (broad SMARTS) is 1. The number of nitrogens with zero attached hydrogens (tertiary/aromatic N) is 1. The molecule has 0 heterocycles. The van der Waals surface area contributed by atoms with Gasteiger partial charge >= 0.3 is 5.97 Å². The zero-order valence-corrected chi connectivity index (χ0v) is 7.90. The van der Waals surface area contributed by atoms with Crippen LogP contribution in [0.3, 0.4) is 0 Å². The lowest BCUT2D eigenvalue weighted by Crippen LogP contribution is -2.26. The fourth-order valence-corrected chi connectivity index (χ4v) is 1.26. The maximum Gasteiger partial charge on any atom is 0.306 e. The Morgan fingerprint density at radius 2 is 2.15 bits per heavy atom. The van der Waals surface area contributed by atoms with Crippen molar-refractivity contribution in [3.63, 3.8) is 0 Å². The lowest BCUT2D eigenvalue weighted by Gasteiger charge is -2.15. The van der Waals surface area contributed by atoms with Crippen LogP contribution in [0.25, 0.3) is 0 Å². The highest BCUT2D eigenvalue weighted by molar-refractivity contribution is 5.69. The molecule has 0 aromatic rings. The van der Waals surface area contributed by atoms with Crippen molar-refractivity contribution < 1.29 is 14.8 Å². The Morgan fingerprint density at radius 3 is 2.46 bits per heavy atom. The molecule has 5 heteroatoms. The second kappa shape index (κ2) is 5.50. The molecule has 5 nitrogen and oxygen atoms in total. The maximum atomic E-state index is 10.6. The summed E-state index contributed by atoms with van der Waals surface area (Å²) in [7, 11) is 0. The van der Waals surface area contributed by atoms with Crippen LogP contribution in [-0.2, 0) is 4.79 Å². The molecule has 0 aromatic heterocycles. The van der Waals surface area contributed by atoms with Crippen LogP contribution >= 0.6 is 0 Å². The molecule has 0 radical (unpaired) electrons. The van der Waals surface area contributed by atoms with E-state index in [1.165, 1.54) is 6.92 Å². The minimum absolute atomic E-state index is 0.249. The van der Waals surface area contributed by atoms with Crippen LogP contribution < -0.4 is 0 Å². The number of aliphatic carboxylic acids is 1. The van der Waals surface area contributed by atoms with Crippen molar-refractivity contribution in [1.82, 2.24) is 0 Å². The lowest BCUT2D eigenvalue weighted by molar-refractivity contribution is -0.489. The molecule has 0 aliphatic heterocycles. The van der Waals surface area contributed by atoms with E-state index in [4.69, 9.17) is 5.11 Å². The molecule has 0 saturated carbocycles. The Labute approximate surface area is 76.9 Å². The first kappa shape index (κ1) is 11.9. The Kier molecular flexibility index (Phi) is 5.03. The Balaban J connectivity index is 4.22. The number of rotatable bonds is 6. The molecule has 0 fully saturated rings. The summed E-state index contributed by atoms with van der Waals surface area (Å²) in [5.74, 6) is -1.94. The van der Waals surface area contributed by atoms with Gasteiger partial charge in [-0.1, -0.05) is 20.3 Å². The van der Waals surface area contributed by atoms with Crippen molar-refractivity contribution in [2.24, 2.45) is 11.8 Å². The van der Waals surface area contributed by atoms with E-state index in [9.17, 15) is 14.9 Å². The van der Waals surface area contributed by atoms with E-state index in [1.54, 1.807) is 0 Å². The second-order valence-electron chi connectivity index (χ2n) is 3.19. The highest BCUT2D eigenvalue weighted by Gasteiger charge is 2.26. The summed E-state index contributed by atoms with van der Waals surface area (Å²) in [4.78, 5) is 20.4. The quantitative estimate of drug-likeness (QED) is 0.505. The van der Waals surface area contributed by atoms with Crippen LogP contribution in [0.5, 0.6) is 0 Å². The molecule has 0 rings (SSSR count). The third-order valence-electron chi connectivity index (χ3n) is 2.14. The Hall–Kier alpha value is -1.13. The molecule has 1 N–H and O–H groups in total. The summed E-state index contributed by atoms with van der Waals surface area (Å²) < 4.78 is 0. The number of hydrogen-bond acceptors (Lipinski definition) is 3. The summed E-state index contributed by atoms with van der Waals surface area (Å²) >= 11 is 0. The summed E-state index contributed by atoms with van der Waals surface area (Å²) in [6.45, 7) is 3.16. The molecule has 0 aliphatic rings. The summed E-state index contributed by atoms with van der Waals surface area (Å²) in [5, 5.41) is 18.9. The number of nitro groups is 1. The first-order valence-electron chi connectivity index (χ1n) is 4.33. The first-order valence-corrected chi connectivity index (χ1v) is 4.33. The van der Waals surface area contributed by atoms with E-state index in [2.05, 4.69) is 0 Å². The third-order valence-corrected chi connectivity index (χ3v) is 2.14. The van der Waals surface area contributed by atoms with E-state index in [0.717, 1.165) is 6.42 Å². The number of carboxylic acids is 1. The van der Waals surface area contributed by atoms with Gasteiger partial charge in [0, 0.05) is 10.8 Å². The highest BCUT2D eigenvalue weighted by Crippen LogP contribution is 2.17. The minimum Gasteiger partial charge on any atom is -0.481 e. The van der Waals surface area contributed by atoms with Crippen molar-refractivity contribution in [2.45, 2.75) is 26.7 Å². The molecule has 0 aromatic carbocycles. The van der Waals surface area contributed by atoms with Crippen molar-refractivity contribution in [3.8, 4) is 0 Å². The lowest BCUT2D eigenvalue weighted by atomic mass is 9.90. The van der Waals surface area contributed by atoms with Crippen LogP contribution in [0, 0.1) is 22.0 Å². The van der Waals surface area contributed by atoms with Gasteiger partial charge < -0.3 is 5.11 Å². The topological polar surface area (TPSA) is 80.4 Å². The molecular formula is C8H15NO4. The normalized spacial score (nSPS) is 14.9.